The van der Waals surface area contributed by atoms with E-state index < -0.39 is 5.97 Å². The summed E-state index contributed by atoms with van der Waals surface area (Å²) in [7, 11) is 0. The lowest BCUT2D eigenvalue weighted by Gasteiger charge is -2.28. The fourth-order valence-corrected chi connectivity index (χ4v) is 2.04. The lowest BCUT2D eigenvalue weighted by atomic mass is 10.4. The van der Waals surface area contributed by atoms with Gasteiger partial charge in [-0.25, -0.2) is 19.4 Å². The zero-order valence-corrected chi connectivity index (χ0v) is 10.6. The van der Waals surface area contributed by atoms with Crippen LogP contribution in [0.3, 0.4) is 0 Å². The number of morpholine rings is 1. The molecule has 1 saturated heterocycles. The van der Waals surface area contributed by atoms with Crippen LogP contribution in [0, 0.1) is 0 Å². The maximum atomic E-state index is 10.9. The second kappa shape index (κ2) is 5.25. The second-order valence-corrected chi connectivity index (χ2v) is 4.25. The first-order valence-electron chi connectivity index (χ1n) is 6.19. The van der Waals surface area contributed by atoms with Crippen molar-refractivity contribution in [2.45, 2.75) is 0 Å². The first-order valence-corrected chi connectivity index (χ1v) is 6.19. The Hall–Kier alpha value is -2.48. The zero-order valence-electron chi connectivity index (χ0n) is 10.6. The lowest BCUT2D eigenvalue weighted by Crippen LogP contribution is -2.37. The largest absolute Gasteiger partial charge is 0.476 e. The summed E-state index contributed by atoms with van der Waals surface area (Å²) in [6, 6.07) is 1.43. The van der Waals surface area contributed by atoms with Crippen molar-refractivity contribution in [3.05, 3.63) is 30.4 Å². The molecule has 8 heteroatoms. The molecule has 1 aliphatic heterocycles. The maximum Gasteiger partial charge on any atom is 0.356 e. The molecule has 1 aliphatic rings. The molecule has 1 fully saturated rings. The first-order chi connectivity index (χ1) is 9.75. The van der Waals surface area contributed by atoms with Crippen LogP contribution in [0.1, 0.15) is 10.5 Å². The van der Waals surface area contributed by atoms with Gasteiger partial charge in [0.05, 0.1) is 13.2 Å². The Balaban J connectivity index is 1.97. The molecule has 0 radical (unpaired) electrons. The molecule has 20 heavy (non-hydrogen) atoms. The SMILES string of the molecule is O=C(O)c1ccn(-c2nccnc2N2CCOCC2)n1. The zero-order chi connectivity index (χ0) is 13.9. The summed E-state index contributed by atoms with van der Waals surface area (Å²) in [5.41, 5.74) is -0.0245. The van der Waals surface area contributed by atoms with E-state index in [9.17, 15) is 4.79 Å². The van der Waals surface area contributed by atoms with Crippen molar-refractivity contribution in [2.24, 2.45) is 0 Å². The maximum absolute atomic E-state index is 10.9. The third-order valence-electron chi connectivity index (χ3n) is 3.00. The van der Waals surface area contributed by atoms with E-state index in [1.54, 1.807) is 18.6 Å². The number of hydrogen-bond acceptors (Lipinski definition) is 6. The normalized spacial score (nSPS) is 15.3. The van der Waals surface area contributed by atoms with Crippen LogP contribution in [0.4, 0.5) is 5.82 Å². The number of anilines is 1. The average molecular weight is 275 g/mol. The number of hydrogen-bond donors (Lipinski definition) is 1. The number of carboxylic acid groups (broad SMARTS) is 1. The molecule has 0 spiro atoms. The van der Waals surface area contributed by atoms with Crippen molar-refractivity contribution in [1.82, 2.24) is 19.7 Å². The van der Waals surface area contributed by atoms with Crippen molar-refractivity contribution in [1.29, 1.82) is 0 Å². The van der Waals surface area contributed by atoms with Gasteiger partial charge in [-0.2, -0.15) is 5.10 Å². The van der Waals surface area contributed by atoms with Gasteiger partial charge >= 0.3 is 5.97 Å². The fourth-order valence-electron chi connectivity index (χ4n) is 2.04. The number of aromatic carboxylic acids is 1. The molecule has 0 bridgehead atoms. The minimum Gasteiger partial charge on any atom is -0.476 e. The molecule has 3 rings (SSSR count). The van der Waals surface area contributed by atoms with Crippen LogP contribution in [0.15, 0.2) is 24.7 Å². The Kier molecular flexibility index (Phi) is 3.30. The first kappa shape index (κ1) is 12.5. The summed E-state index contributed by atoms with van der Waals surface area (Å²) in [6.45, 7) is 2.71. The predicted molar refractivity (Wildman–Crippen MR) is 69.1 cm³/mol. The van der Waals surface area contributed by atoms with Crippen LogP contribution < -0.4 is 4.90 Å². The van der Waals surface area contributed by atoms with Gasteiger partial charge in [0.1, 0.15) is 0 Å². The van der Waals surface area contributed by atoms with E-state index >= 15 is 0 Å². The summed E-state index contributed by atoms with van der Waals surface area (Å²) in [4.78, 5) is 21.5. The number of carbonyl (C=O) groups is 1. The van der Waals surface area contributed by atoms with E-state index in [1.165, 1.54) is 10.7 Å². The third-order valence-corrected chi connectivity index (χ3v) is 3.00. The fraction of sp³-hybridized carbons (Fsp3) is 0.333. The van der Waals surface area contributed by atoms with Crippen molar-refractivity contribution in [2.75, 3.05) is 31.2 Å². The molecule has 104 valence electrons. The number of ether oxygens (including phenoxy) is 1. The third kappa shape index (κ3) is 2.32. The Morgan fingerprint density at radius 1 is 1.20 bits per heavy atom. The number of carboxylic acids is 1. The molecule has 0 aromatic carbocycles. The molecule has 0 unspecified atom stereocenters. The highest BCUT2D eigenvalue weighted by atomic mass is 16.5. The molecule has 3 heterocycles. The average Bonchev–Trinajstić information content (AvgIpc) is 2.98. The molecule has 2 aromatic heterocycles. The van der Waals surface area contributed by atoms with Crippen LogP contribution >= 0.6 is 0 Å². The van der Waals surface area contributed by atoms with Gasteiger partial charge < -0.3 is 14.7 Å². The molecular formula is C12H13N5O3. The van der Waals surface area contributed by atoms with Crippen molar-refractivity contribution in [3.63, 3.8) is 0 Å². The molecule has 2 aromatic rings. The predicted octanol–water partition coefficient (Wildman–Crippen LogP) is 0.197. The summed E-state index contributed by atoms with van der Waals surface area (Å²) in [5, 5.41) is 12.9. The number of rotatable bonds is 3. The Morgan fingerprint density at radius 3 is 2.55 bits per heavy atom. The van der Waals surface area contributed by atoms with E-state index in [0.717, 1.165) is 13.1 Å². The second-order valence-electron chi connectivity index (χ2n) is 4.25. The van der Waals surface area contributed by atoms with Gasteiger partial charge in [0.25, 0.3) is 0 Å². The van der Waals surface area contributed by atoms with Gasteiger partial charge in [-0.1, -0.05) is 0 Å². The van der Waals surface area contributed by atoms with Crippen LogP contribution in [-0.4, -0.2) is 57.1 Å². The Morgan fingerprint density at radius 2 is 1.90 bits per heavy atom. The summed E-state index contributed by atoms with van der Waals surface area (Å²) >= 11 is 0. The topological polar surface area (TPSA) is 93.4 Å². The van der Waals surface area contributed by atoms with Crippen molar-refractivity contribution >= 4 is 11.8 Å². The molecule has 0 aliphatic carbocycles. The molecule has 0 amide bonds. The van der Waals surface area contributed by atoms with Crippen molar-refractivity contribution < 1.29 is 14.6 Å². The Bertz CT molecular complexity index is 621. The van der Waals surface area contributed by atoms with E-state index in [0.29, 0.717) is 24.8 Å². The summed E-state index contributed by atoms with van der Waals surface area (Å²) < 4.78 is 6.74. The van der Waals surface area contributed by atoms with Crippen LogP contribution in [0.25, 0.3) is 5.82 Å². The molecule has 0 saturated carbocycles. The highest BCUT2D eigenvalue weighted by Gasteiger charge is 2.19. The highest BCUT2D eigenvalue weighted by molar-refractivity contribution is 5.85. The minimum absolute atomic E-state index is 0.0245. The summed E-state index contributed by atoms with van der Waals surface area (Å²) in [5.74, 6) is 0.123. The molecule has 0 atom stereocenters. The quantitative estimate of drug-likeness (QED) is 0.855. The standard InChI is InChI=1S/C12H13N5O3/c18-12(19)9-1-4-17(15-9)11-10(13-2-3-14-11)16-5-7-20-8-6-16/h1-4H,5-8H2,(H,18,19). The van der Waals surface area contributed by atoms with Crippen LogP contribution in [0.2, 0.25) is 0 Å². The van der Waals surface area contributed by atoms with Gasteiger partial charge in [-0.15, -0.1) is 0 Å². The number of nitrogens with zero attached hydrogens (tertiary/aromatic N) is 5. The van der Waals surface area contributed by atoms with Crippen LogP contribution in [-0.2, 0) is 4.74 Å². The van der Waals surface area contributed by atoms with E-state index in [2.05, 4.69) is 15.1 Å². The monoisotopic (exact) mass is 275 g/mol. The smallest absolute Gasteiger partial charge is 0.356 e. The molecular weight excluding hydrogens is 262 g/mol. The lowest BCUT2D eigenvalue weighted by molar-refractivity contribution is 0.0690. The Labute approximate surface area is 114 Å². The van der Waals surface area contributed by atoms with Gasteiger partial charge in [0.2, 0.25) is 0 Å². The van der Waals surface area contributed by atoms with Crippen LogP contribution in [0.5, 0.6) is 0 Å². The summed E-state index contributed by atoms with van der Waals surface area (Å²) in [6.07, 6.45) is 4.73. The van der Waals surface area contributed by atoms with E-state index in [-0.39, 0.29) is 5.69 Å². The molecule has 1 N–H and O–H groups in total. The number of aromatic nitrogens is 4. The van der Waals surface area contributed by atoms with Crippen molar-refractivity contribution in [3.8, 4) is 5.82 Å². The highest BCUT2D eigenvalue weighted by Crippen LogP contribution is 2.19. The molecule has 8 nitrogen and oxygen atoms in total. The van der Waals surface area contributed by atoms with Gasteiger partial charge in [-0.05, 0) is 6.07 Å². The minimum atomic E-state index is -1.07. The van der Waals surface area contributed by atoms with E-state index in [1.807, 2.05) is 4.90 Å². The van der Waals surface area contributed by atoms with E-state index in [4.69, 9.17) is 9.84 Å². The van der Waals surface area contributed by atoms with Gasteiger partial charge in [0, 0.05) is 31.7 Å². The van der Waals surface area contributed by atoms with Gasteiger partial charge in [0.15, 0.2) is 17.3 Å². The van der Waals surface area contributed by atoms with Gasteiger partial charge in [-0.3, -0.25) is 0 Å².